The molecule has 1 rings (SSSR count). The maximum Gasteiger partial charge on any atom is 0.146 e. The van der Waals surface area contributed by atoms with E-state index in [-0.39, 0.29) is 5.41 Å². The Morgan fingerprint density at radius 1 is 1.50 bits per heavy atom. The Balaban J connectivity index is 2.41. The maximum atomic E-state index is 5.24. The largest absolute Gasteiger partial charge is 0.501 e. The van der Waals surface area contributed by atoms with E-state index >= 15 is 0 Å². The quantitative estimate of drug-likeness (QED) is 0.602. The third-order valence-corrected chi connectivity index (χ3v) is 2.24. The fraction of sp³-hybridized carbons (Fsp3) is 0.778. The third kappa shape index (κ3) is 2.22. The highest BCUT2D eigenvalue weighted by Gasteiger charge is 2.32. The second-order valence-corrected chi connectivity index (χ2v) is 3.15. The summed E-state index contributed by atoms with van der Waals surface area (Å²) in [5.41, 5.74) is 0.0342. The van der Waals surface area contributed by atoms with Gasteiger partial charge in [-0.15, -0.1) is 0 Å². The lowest BCUT2D eigenvalue weighted by Crippen LogP contribution is -2.40. The Labute approximate surface area is 73.3 Å². The first-order valence-corrected chi connectivity index (χ1v) is 4.21. The molecule has 0 N–H and O–H groups in total. The molecule has 1 aliphatic rings. The van der Waals surface area contributed by atoms with Crippen molar-refractivity contribution in [2.45, 2.75) is 13.3 Å². The summed E-state index contributed by atoms with van der Waals surface area (Å²) in [4.78, 5) is 0. The van der Waals surface area contributed by atoms with Crippen molar-refractivity contribution >= 4 is 0 Å². The van der Waals surface area contributed by atoms with Crippen molar-refractivity contribution < 1.29 is 14.2 Å². The van der Waals surface area contributed by atoms with Gasteiger partial charge in [0.1, 0.15) is 6.79 Å². The van der Waals surface area contributed by atoms with Crippen LogP contribution in [0.1, 0.15) is 13.3 Å². The molecule has 0 atom stereocenters. The predicted octanol–water partition coefficient (Wildman–Crippen LogP) is 1.55. The molecule has 0 aromatic heterocycles. The summed E-state index contributed by atoms with van der Waals surface area (Å²) in [5, 5.41) is 0. The standard InChI is InChI=1S/C9H16O3/c1-3-9(5-10-4-2)6-11-8-12-7-9/h4H,2-3,5-8H2,1H3. The molecule has 1 fully saturated rings. The fourth-order valence-electron chi connectivity index (χ4n) is 1.24. The summed E-state index contributed by atoms with van der Waals surface area (Å²) in [6.07, 6.45) is 2.47. The van der Waals surface area contributed by atoms with Gasteiger partial charge in [-0.2, -0.15) is 0 Å². The van der Waals surface area contributed by atoms with Gasteiger partial charge in [0.05, 0.1) is 31.5 Å². The minimum atomic E-state index is 0.0342. The van der Waals surface area contributed by atoms with E-state index in [4.69, 9.17) is 14.2 Å². The predicted molar refractivity (Wildman–Crippen MR) is 45.6 cm³/mol. The first kappa shape index (κ1) is 9.55. The average Bonchev–Trinajstić information content (AvgIpc) is 2.16. The monoisotopic (exact) mass is 172 g/mol. The first-order valence-electron chi connectivity index (χ1n) is 4.21. The van der Waals surface area contributed by atoms with Gasteiger partial charge < -0.3 is 14.2 Å². The van der Waals surface area contributed by atoms with Crippen molar-refractivity contribution in [3.05, 3.63) is 12.8 Å². The van der Waals surface area contributed by atoms with E-state index < -0.39 is 0 Å². The summed E-state index contributed by atoms with van der Waals surface area (Å²) >= 11 is 0. The molecular formula is C9H16O3. The van der Waals surface area contributed by atoms with Crippen LogP contribution in [0.3, 0.4) is 0 Å². The van der Waals surface area contributed by atoms with E-state index in [1.807, 2.05) is 0 Å². The van der Waals surface area contributed by atoms with Crippen LogP contribution in [-0.4, -0.2) is 26.6 Å². The molecule has 0 spiro atoms. The van der Waals surface area contributed by atoms with Crippen LogP contribution in [0.4, 0.5) is 0 Å². The number of hydrogen-bond donors (Lipinski definition) is 0. The molecule has 0 aromatic carbocycles. The van der Waals surface area contributed by atoms with Crippen LogP contribution in [0.5, 0.6) is 0 Å². The van der Waals surface area contributed by atoms with Crippen LogP contribution >= 0.6 is 0 Å². The average molecular weight is 172 g/mol. The normalized spacial score (nSPS) is 21.8. The van der Waals surface area contributed by atoms with E-state index in [2.05, 4.69) is 13.5 Å². The minimum Gasteiger partial charge on any atom is -0.501 e. The highest BCUT2D eigenvalue weighted by Crippen LogP contribution is 2.26. The van der Waals surface area contributed by atoms with Crippen molar-refractivity contribution in [1.29, 1.82) is 0 Å². The molecule has 1 heterocycles. The van der Waals surface area contributed by atoms with Gasteiger partial charge >= 0.3 is 0 Å². The number of rotatable bonds is 4. The van der Waals surface area contributed by atoms with E-state index in [1.165, 1.54) is 6.26 Å². The molecule has 0 aromatic rings. The van der Waals surface area contributed by atoms with Crippen molar-refractivity contribution in [3.63, 3.8) is 0 Å². The number of hydrogen-bond acceptors (Lipinski definition) is 3. The van der Waals surface area contributed by atoms with Crippen LogP contribution in [0, 0.1) is 5.41 Å². The Hall–Kier alpha value is -0.540. The molecule has 70 valence electrons. The fourth-order valence-corrected chi connectivity index (χ4v) is 1.24. The highest BCUT2D eigenvalue weighted by atomic mass is 16.7. The second-order valence-electron chi connectivity index (χ2n) is 3.15. The maximum absolute atomic E-state index is 5.24. The highest BCUT2D eigenvalue weighted by molar-refractivity contribution is 4.79. The van der Waals surface area contributed by atoms with Gasteiger partial charge in [0, 0.05) is 0 Å². The van der Waals surface area contributed by atoms with E-state index in [9.17, 15) is 0 Å². The van der Waals surface area contributed by atoms with Crippen molar-refractivity contribution in [1.82, 2.24) is 0 Å². The van der Waals surface area contributed by atoms with Crippen LogP contribution < -0.4 is 0 Å². The van der Waals surface area contributed by atoms with Crippen LogP contribution in [0.2, 0.25) is 0 Å². The lowest BCUT2D eigenvalue weighted by molar-refractivity contribution is -0.177. The SMILES string of the molecule is C=COCC1(CC)COCOC1. The second kappa shape index (κ2) is 4.48. The van der Waals surface area contributed by atoms with Crippen molar-refractivity contribution in [2.24, 2.45) is 5.41 Å². The number of ether oxygens (including phenoxy) is 3. The Kier molecular flexibility index (Phi) is 3.56. The molecule has 0 amide bonds. The Bertz CT molecular complexity index is 139. The molecule has 12 heavy (non-hydrogen) atoms. The lowest BCUT2D eigenvalue weighted by atomic mass is 9.87. The summed E-state index contributed by atoms with van der Waals surface area (Å²) in [6.45, 7) is 8.11. The lowest BCUT2D eigenvalue weighted by Gasteiger charge is -2.34. The zero-order chi connectivity index (χ0) is 8.86. The molecule has 1 saturated heterocycles. The topological polar surface area (TPSA) is 27.7 Å². The van der Waals surface area contributed by atoms with Crippen molar-refractivity contribution in [2.75, 3.05) is 26.6 Å². The molecule has 0 bridgehead atoms. The molecule has 1 aliphatic heterocycles. The van der Waals surface area contributed by atoms with Crippen LogP contribution in [0.25, 0.3) is 0 Å². The van der Waals surface area contributed by atoms with E-state index in [1.54, 1.807) is 0 Å². The molecular weight excluding hydrogens is 156 g/mol. The van der Waals surface area contributed by atoms with Gasteiger partial charge in [-0.1, -0.05) is 13.5 Å². The van der Waals surface area contributed by atoms with Gasteiger partial charge in [-0.25, -0.2) is 0 Å². The summed E-state index contributed by atoms with van der Waals surface area (Å²) in [6, 6.07) is 0. The van der Waals surface area contributed by atoms with Gasteiger partial charge in [-0.05, 0) is 6.42 Å². The molecule has 0 aliphatic carbocycles. The zero-order valence-corrected chi connectivity index (χ0v) is 7.54. The molecule has 3 nitrogen and oxygen atoms in total. The Morgan fingerprint density at radius 3 is 2.67 bits per heavy atom. The van der Waals surface area contributed by atoms with E-state index in [0.717, 1.165) is 19.6 Å². The first-order chi connectivity index (χ1) is 5.83. The summed E-state index contributed by atoms with van der Waals surface area (Å²) in [5.74, 6) is 0. The van der Waals surface area contributed by atoms with Gasteiger partial charge in [0.25, 0.3) is 0 Å². The van der Waals surface area contributed by atoms with Crippen LogP contribution in [-0.2, 0) is 14.2 Å². The zero-order valence-electron chi connectivity index (χ0n) is 7.54. The summed E-state index contributed by atoms with van der Waals surface area (Å²) < 4.78 is 15.6. The molecule has 0 unspecified atom stereocenters. The minimum absolute atomic E-state index is 0.0342. The van der Waals surface area contributed by atoms with Gasteiger partial charge in [0.2, 0.25) is 0 Å². The Morgan fingerprint density at radius 2 is 2.17 bits per heavy atom. The van der Waals surface area contributed by atoms with Gasteiger partial charge in [-0.3, -0.25) is 0 Å². The van der Waals surface area contributed by atoms with E-state index in [0.29, 0.717) is 13.4 Å². The smallest absolute Gasteiger partial charge is 0.146 e. The third-order valence-electron chi connectivity index (χ3n) is 2.24. The molecule has 0 radical (unpaired) electrons. The molecule has 0 saturated carbocycles. The molecule has 3 heteroatoms. The van der Waals surface area contributed by atoms with Gasteiger partial charge in [0.15, 0.2) is 0 Å². The van der Waals surface area contributed by atoms with Crippen molar-refractivity contribution in [3.8, 4) is 0 Å². The summed E-state index contributed by atoms with van der Waals surface area (Å²) in [7, 11) is 0. The van der Waals surface area contributed by atoms with Crippen LogP contribution in [0.15, 0.2) is 12.8 Å².